The predicted molar refractivity (Wildman–Crippen MR) is 78.8 cm³/mol. The number of ether oxygens (including phenoxy) is 1. The molecule has 0 aliphatic rings. The lowest BCUT2D eigenvalue weighted by molar-refractivity contribution is 0.0539. The van der Waals surface area contributed by atoms with E-state index in [4.69, 9.17) is 4.74 Å². The molecule has 0 saturated carbocycles. The Balaban J connectivity index is 3.06. The number of aromatic nitrogens is 1. The molecule has 0 unspecified atom stereocenters. The lowest BCUT2D eigenvalue weighted by Crippen LogP contribution is -2.39. The molecule has 0 bridgehead atoms. The molecule has 0 fully saturated rings. The second-order valence-corrected chi connectivity index (χ2v) is 6.31. The highest BCUT2D eigenvalue weighted by molar-refractivity contribution is 5.76. The number of carbonyl (C=O) groups excluding carboxylic acids is 1. The Morgan fingerprint density at radius 2 is 1.74 bits per heavy atom. The molecule has 1 rings (SSSR count). The summed E-state index contributed by atoms with van der Waals surface area (Å²) in [5.74, 6) is 0.874. The summed E-state index contributed by atoms with van der Waals surface area (Å²) in [5.41, 5.74) is -0.487. The highest BCUT2D eigenvalue weighted by Crippen LogP contribution is 2.22. The van der Waals surface area contributed by atoms with Crippen molar-refractivity contribution in [3.05, 3.63) is 18.3 Å². The molecular formula is C15H26N2O2. The molecule has 0 saturated heterocycles. The lowest BCUT2D eigenvalue weighted by Gasteiger charge is -2.33. The Kier molecular flexibility index (Phi) is 4.66. The third-order valence-electron chi connectivity index (χ3n) is 2.69. The normalized spacial score (nSPS) is 12.1. The predicted octanol–water partition coefficient (Wildman–Crippen LogP) is 3.89. The summed E-state index contributed by atoms with van der Waals surface area (Å²) in [7, 11) is 0. The van der Waals surface area contributed by atoms with Gasteiger partial charge in [0.25, 0.3) is 0 Å². The van der Waals surface area contributed by atoms with Gasteiger partial charge in [0.2, 0.25) is 0 Å². The van der Waals surface area contributed by atoms with E-state index in [-0.39, 0.29) is 6.09 Å². The molecular weight excluding hydrogens is 240 g/mol. The molecule has 0 atom stereocenters. The van der Waals surface area contributed by atoms with E-state index < -0.39 is 5.60 Å². The molecule has 0 N–H and O–H groups in total. The fourth-order valence-corrected chi connectivity index (χ4v) is 2.17. The van der Waals surface area contributed by atoms with Gasteiger partial charge in [-0.25, -0.2) is 9.36 Å². The second kappa shape index (κ2) is 5.68. The first kappa shape index (κ1) is 15.6. The topological polar surface area (TPSA) is 34.5 Å². The van der Waals surface area contributed by atoms with E-state index in [1.165, 1.54) is 0 Å². The van der Waals surface area contributed by atoms with Gasteiger partial charge in [0, 0.05) is 18.3 Å². The second-order valence-electron chi connectivity index (χ2n) is 6.31. The average molecular weight is 266 g/mol. The van der Waals surface area contributed by atoms with Crippen molar-refractivity contribution in [3.8, 4) is 0 Å². The van der Waals surface area contributed by atoms with Crippen LogP contribution in [0.5, 0.6) is 0 Å². The van der Waals surface area contributed by atoms with Crippen molar-refractivity contribution in [2.24, 2.45) is 0 Å². The van der Waals surface area contributed by atoms with Crippen molar-refractivity contribution in [1.82, 2.24) is 4.57 Å². The summed E-state index contributed by atoms with van der Waals surface area (Å²) in [6.45, 7) is 14.1. The van der Waals surface area contributed by atoms with Gasteiger partial charge in [-0.15, -0.1) is 0 Å². The summed E-state index contributed by atoms with van der Waals surface area (Å²) >= 11 is 0. The average Bonchev–Trinajstić information content (AvgIpc) is 2.62. The molecule has 0 aliphatic carbocycles. The summed E-state index contributed by atoms with van der Waals surface area (Å²) in [4.78, 5) is 14.4. The molecule has 4 heteroatoms. The third-order valence-corrected chi connectivity index (χ3v) is 2.69. The van der Waals surface area contributed by atoms with E-state index >= 15 is 0 Å². The van der Waals surface area contributed by atoms with Gasteiger partial charge in [-0.05, 0) is 60.6 Å². The van der Waals surface area contributed by atoms with Gasteiger partial charge in [0.1, 0.15) is 11.4 Å². The van der Waals surface area contributed by atoms with Gasteiger partial charge >= 0.3 is 6.09 Å². The molecule has 4 nitrogen and oxygen atoms in total. The van der Waals surface area contributed by atoms with Crippen LogP contribution in [0.15, 0.2) is 18.3 Å². The molecule has 0 aromatic carbocycles. The van der Waals surface area contributed by atoms with Crippen molar-refractivity contribution in [3.63, 3.8) is 0 Å². The molecule has 0 aliphatic heterocycles. The van der Waals surface area contributed by atoms with Crippen LogP contribution in [0.25, 0.3) is 0 Å². The van der Waals surface area contributed by atoms with Crippen molar-refractivity contribution >= 4 is 11.9 Å². The van der Waals surface area contributed by atoms with Gasteiger partial charge in [-0.2, -0.15) is 0 Å². The van der Waals surface area contributed by atoms with Crippen molar-refractivity contribution < 1.29 is 9.53 Å². The molecule has 0 amide bonds. The van der Waals surface area contributed by atoms with Crippen molar-refractivity contribution in [2.75, 3.05) is 4.90 Å². The summed E-state index contributed by atoms with van der Waals surface area (Å²) in [6.07, 6.45) is 1.42. The summed E-state index contributed by atoms with van der Waals surface area (Å²) < 4.78 is 7.00. The van der Waals surface area contributed by atoms with Gasteiger partial charge < -0.3 is 9.64 Å². The number of hydrogen-bond acceptors (Lipinski definition) is 3. The first-order valence-corrected chi connectivity index (χ1v) is 6.82. The van der Waals surface area contributed by atoms with Crippen LogP contribution in [-0.4, -0.2) is 28.3 Å². The van der Waals surface area contributed by atoms with Crippen molar-refractivity contribution in [2.45, 2.75) is 66.2 Å². The molecule has 19 heavy (non-hydrogen) atoms. The van der Waals surface area contributed by atoms with Crippen LogP contribution in [0, 0.1) is 0 Å². The van der Waals surface area contributed by atoms with Crippen LogP contribution in [0.1, 0.15) is 48.5 Å². The zero-order valence-corrected chi connectivity index (χ0v) is 13.1. The van der Waals surface area contributed by atoms with Crippen LogP contribution in [0.4, 0.5) is 10.6 Å². The highest BCUT2D eigenvalue weighted by atomic mass is 16.6. The minimum absolute atomic E-state index is 0.316. The molecule has 0 spiro atoms. The van der Waals surface area contributed by atoms with Crippen LogP contribution in [-0.2, 0) is 4.74 Å². The zero-order chi connectivity index (χ0) is 14.8. The van der Waals surface area contributed by atoms with E-state index in [9.17, 15) is 4.79 Å². The van der Waals surface area contributed by atoms with Gasteiger partial charge in [0.15, 0.2) is 0 Å². The third kappa shape index (κ3) is 4.01. The number of anilines is 1. The minimum Gasteiger partial charge on any atom is -0.443 e. The van der Waals surface area contributed by atoms with Crippen LogP contribution in [0.2, 0.25) is 0 Å². The SMILES string of the molecule is CC(C)N(c1cccn1C(=O)OC(C)(C)C)C(C)C. The van der Waals surface area contributed by atoms with E-state index in [2.05, 4.69) is 32.6 Å². The van der Waals surface area contributed by atoms with Crippen LogP contribution >= 0.6 is 0 Å². The number of hydrogen-bond donors (Lipinski definition) is 0. The summed E-state index contributed by atoms with van der Waals surface area (Å²) in [6, 6.07) is 4.45. The largest absolute Gasteiger partial charge is 0.443 e. The first-order chi connectivity index (χ1) is 8.63. The summed E-state index contributed by atoms with van der Waals surface area (Å²) in [5, 5.41) is 0. The number of carbonyl (C=O) groups is 1. The van der Waals surface area contributed by atoms with Gasteiger partial charge in [-0.1, -0.05) is 0 Å². The van der Waals surface area contributed by atoms with Gasteiger partial charge in [-0.3, -0.25) is 0 Å². The monoisotopic (exact) mass is 266 g/mol. The standard InChI is InChI=1S/C15H26N2O2/c1-11(2)17(12(3)4)13-9-8-10-16(13)14(18)19-15(5,6)7/h8-12H,1-7H3. The number of nitrogens with zero attached hydrogens (tertiary/aromatic N) is 2. The first-order valence-electron chi connectivity index (χ1n) is 6.82. The quantitative estimate of drug-likeness (QED) is 0.832. The van der Waals surface area contributed by atoms with E-state index in [0.29, 0.717) is 12.1 Å². The number of rotatable bonds is 3. The molecule has 108 valence electrons. The molecule has 1 heterocycles. The Labute approximate surface area is 116 Å². The van der Waals surface area contributed by atoms with Crippen LogP contribution < -0.4 is 4.90 Å². The van der Waals surface area contributed by atoms with Crippen LogP contribution in [0.3, 0.4) is 0 Å². The highest BCUT2D eigenvalue weighted by Gasteiger charge is 2.23. The maximum absolute atomic E-state index is 12.2. The smallest absolute Gasteiger partial charge is 0.420 e. The lowest BCUT2D eigenvalue weighted by atomic mass is 10.2. The maximum atomic E-state index is 12.2. The molecule has 1 aromatic heterocycles. The zero-order valence-electron chi connectivity index (χ0n) is 13.1. The minimum atomic E-state index is -0.487. The Hall–Kier alpha value is -1.45. The molecule has 1 aromatic rings. The van der Waals surface area contributed by atoms with Crippen molar-refractivity contribution in [1.29, 1.82) is 0 Å². The Morgan fingerprint density at radius 1 is 1.21 bits per heavy atom. The Morgan fingerprint density at radius 3 is 2.16 bits per heavy atom. The van der Waals surface area contributed by atoms with E-state index in [1.54, 1.807) is 10.8 Å². The van der Waals surface area contributed by atoms with Gasteiger partial charge in [0.05, 0.1) is 0 Å². The van der Waals surface area contributed by atoms with E-state index in [0.717, 1.165) is 5.82 Å². The molecule has 0 radical (unpaired) electrons. The fourth-order valence-electron chi connectivity index (χ4n) is 2.17. The fraction of sp³-hybridized carbons (Fsp3) is 0.667. The van der Waals surface area contributed by atoms with E-state index in [1.807, 2.05) is 32.9 Å². The Bertz CT molecular complexity index is 420. The maximum Gasteiger partial charge on any atom is 0.420 e.